The lowest BCUT2D eigenvalue weighted by molar-refractivity contribution is -0.129. The van der Waals surface area contributed by atoms with Crippen molar-refractivity contribution in [3.05, 3.63) is 23.9 Å². The van der Waals surface area contributed by atoms with Crippen LogP contribution in [-0.4, -0.2) is 27.9 Å². The standard InChI is InChI=1S/C13H17N3O3/c14-11-8-4-7-10(15-11)12(13(17)18)16-19-9-5-2-1-3-6-9/h4,7-9H,1-3,5-6H2,(H2,14,15)(H,17,18). The maximum atomic E-state index is 11.2. The minimum atomic E-state index is -1.17. The molecule has 1 heterocycles. The Bertz CT molecular complexity index is 482. The molecule has 3 N–H and O–H groups in total. The summed E-state index contributed by atoms with van der Waals surface area (Å²) in [6.07, 6.45) is 5.23. The molecule has 0 aliphatic heterocycles. The number of oxime groups is 1. The lowest BCUT2D eigenvalue weighted by atomic mass is 9.98. The number of carboxylic acids is 1. The Labute approximate surface area is 111 Å². The first-order chi connectivity index (χ1) is 9.16. The van der Waals surface area contributed by atoms with Crippen LogP contribution in [0.4, 0.5) is 5.82 Å². The van der Waals surface area contributed by atoms with Crippen molar-refractivity contribution in [2.45, 2.75) is 38.2 Å². The largest absolute Gasteiger partial charge is 0.476 e. The summed E-state index contributed by atoms with van der Waals surface area (Å²) in [7, 11) is 0. The highest BCUT2D eigenvalue weighted by atomic mass is 16.6. The van der Waals surface area contributed by atoms with Gasteiger partial charge in [-0.3, -0.25) is 0 Å². The number of aliphatic carboxylic acids is 1. The topological polar surface area (TPSA) is 97.8 Å². The summed E-state index contributed by atoms with van der Waals surface area (Å²) in [5.41, 5.74) is 5.54. The first kappa shape index (κ1) is 13.3. The summed E-state index contributed by atoms with van der Waals surface area (Å²) in [6.45, 7) is 0. The van der Waals surface area contributed by atoms with Gasteiger partial charge in [0, 0.05) is 0 Å². The van der Waals surface area contributed by atoms with E-state index >= 15 is 0 Å². The van der Waals surface area contributed by atoms with Gasteiger partial charge in [-0.05, 0) is 37.8 Å². The zero-order chi connectivity index (χ0) is 13.7. The van der Waals surface area contributed by atoms with E-state index in [-0.39, 0.29) is 23.3 Å². The van der Waals surface area contributed by atoms with Crippen LogP contribution in [0.1, 0.15) is 37.8 Å². The Morgan fingerprint density at radius 3 is 2.74 bits per heavy atom. The van der Waals surface area contributed by atoms with E-state index in [1.54, 1.807) is 18.2 Å². The van der Waals surface area contributed by atoms with Crippen molar-refractivity contribution in [2.24, 2.45) is 5.16 Å². The van der Waals surface area contributed by atoms with Crippen molar-refractivity contribution in [2.75, 3.05) is 5.73 Å². The molecular formula is C13H17N3O3. The molecule has 0 atom stereocenters. The zero-order valence-corrected chi connectivity index (χ0v) is 10.6. The van der Waals surface area contributed by atoms with Gasteiger partial charge in [-0.25, -0.2) is 9.78 Å². The molecule has 6 nitrogen and oxygen atoms in total. The van der Waals surface area contributed by atoms with Crippen LogP contribution in [0, 0.1) is 0 Å². The minimum absolute atomic E-state index is 0.00385. The first-order valence-electron chi connectivity index (χ1n) is 6.37. The number of rotatable bonds is 4. The number of nitrogen functional groups attached to an aromatic ring is 1. The molecule has 1 aromatic heterocycles. The number of pyridine rings is 1. The van der Waals surface area contributed by atoms with Crippen molar-refractivity contribution in [3.63, 3.8) is 0 Å². The van der Waals surface area contributed by atoms with E-state index < -0.39 is 5.97 Å². The Hall–Kier alpha value is -2.11. The SMILES string of the molecule is Nc1cccc(C(=NOC2CCCCC2)C(=O)O)n1. The fourth-order valence-electron chi connectivity index (χ4n) is 2.08. The van der Waals surface area contributed by atoms with Crippen molar-refractivity contribution < 1.29 is 14.7 Å². The highest BCUT2D eigenvalue weighted by molar-refractivity contribution is 6.41. The van der Waals surface area contributed by atoms with E-state index in [9.17, 15) is 4.79 Å². The second kappa shape index (κ2) is 6.17. The molecule has 0 saturated heterocycles. The summed E-state index contributed by atoms with van der Waals surface area (Å²) >= 11 is 0. The fraction of sp³-hybridized carbons (Fsp3) is 0.462. The quantitative estimate of drug-likeness (QED) is 0.637. The average Bonchev–Trinajstić information content (AvgIpc) is 2.40. The van der Waals surface area contributed by atoms with Crippen LogP contribution in [0.3, 0.4) is 0 Å². The predicted molar refractivity (Wildman–Crippen MR) is 70.8 cm³/mol. The Kier molecular flexibility index (Phi) is 4.33. The average molecular weight is 263 g/mol. The van der Waals surface area contributed by atoms with E-state index in [1.807, 2.05) is 0 Å². The molecule has 0 bridgehead atoms. The minimum Gasteiger partial charge on any atom is -0.476 e. The highest BCUT2D eigenvalue weighted by Crippen LogP contribution is 2.20. The maximum Gasteiger partial charge on any atom is 0.360 e. The molecule has 0 spiro atoms. The molecule has 0 radical (unpaired) electrons. The second-order valence-corrected chi connectivity index (χ2v) is 4.56. The van der Waals surface area contributed by atoms with E-state index in [2.05, 4.69) is 10.1 Å². The summed E-state index contributed by atoms with van der Waals surface area (Å²) in [4.78, 5) is 20.5. The van der Waals surface area contributed by atoms with Crippen LogP contribution in [0.5, 0.6) is 0 Å². The van der Waals surface area contributed by atoms with Crippen molar-refractivity contribution >= 4 is 17.5 Å². The predicted octanol–water partition coefficient (Wildman–Crippen LogP) is 1.80. The van der Waals surface area contributed by atoms with Gasteiger partial charge in [-0.1, -0.05) is 17.6 Å². The summed E-state index contributed by atoms with van der Waals surface area (Å²) in [5.74, 6) is -0.918. The lowest BCUT2D eigenvalue weighted by Gasteiger charge is -2.19. The summed E-state index contributed by atoms with van der Waals surface area (Å²) in [6, 6.07) is 4.77. The number of carboxylic acid groups (broad SMARTS) is 1. The van der Waals surface area contributed by atoms with Gasteiger partial charge in [0.1, 0.15) is 17.6 Å². The first-order valence-corrected chi connectivity index (χ1v) is 6.37. The third-order valence-electron chi connectivity index (χ3n) is 3.06. The fourth-order valence-corrected chi connectivity index (χ4v) is 2.08. The molecule has 0 aromatic carbocycles. The van der Waals surface area contributed by atoms with Gasteiger partial charge in [-0.15, -0.1) is 0 Å². The van der Waals surface area contributed by atoms with Crippen LogP contribution in [0.15, 0.2) is 23.4 Å². The van der Waals surface area contributed by atoms with Crippen molar-refractivity contribution in [1.29, 1.82) is 0 Å². The Morgan fingerprint density at radius 2 is 2.11 bits per heavy atom. The Morgan fingerprint density at radius 1 is 1.37 bits per heavy atom. The molecule has 102 valence electrons. The number of nitrogens with two attached hydrogens (primary N) is 1. The van der Waals surface area contributed by atoms with Crippen molar-refractivity contribution in [1.82, 2.24) is 4.98 Å². The van der Waals surface area contributed by atoms with E-state index in [1.165, 1.54) is 6.42 Å². The second-order valence-electron chi connectivity index (χ2n) is 4.56. The molecule has 1 aliphatic carbocycles. The van der Waals surface area contributed by atoms with E-state index in [0.29, 0.717) is 0 Å². The van der Waals surface area contributed by atoms with Crippen LogP contribution in [0.2, 0.25) is 0 Å². The summed E-state index contributed by atoms with van der Waals surface area (Å²) < 4.78 is 0. The number of aromatic nitrogens is 1. The molecule has 2 rings (SSSR count). The van der Waals surface area contributed by atoms with Gasteiger partial charge in [0.15, 0.2) is 0 Å². The zero-order valence-electron chi connectivity index (χ0n) is 10.6. The molecular weight excluding hydrogens is 246 g/mol. The van der Waals surface area contributed by atoms with Crippen molar-refractivity contribution in [3.8, 4) is 0 Å². The van der Waals surface area contributed by atoms with Crippen LogP contribution in [-0.2, 0) is 9.63 Å². The monoisotopic (exact) mass is 263 g/mol. The molecule has 0 unspecified atom stereocenters. The third kappa shape index (κ3) is 3.67. The van der Waals surface area contributed by atoms with E-state index in [0.717, 1.165) is 25.7 Å². The maximum absolute atomic E-state index is 11.2. The normalized spacial score (nSPS) is 17.2. The third-order valence-corrected chi connectivity index (χ3v) is 3.06. The van der Waals surface area contributed by atoms with Gasteiger partial charge in [0.25, 0.3) is 0 Å². The van der Waals surface area contributed by atoms with Crippen LogP contribution >= 0.6 is 0 Å². The molecule has 1 fully saturated rings. The smallest absolute Gasteiger partial charge is 0.360 e. The molecule has 1 saturated carbocycles. The molecule has 0 amide bonds. The lowest BCUT2D eigenvalue weighted by Crippen LogP contribution is -2.20. The molecule has 1 aliphatic rings. The van der Waals surface area contributed by atoms with E-state index in [4.69, 9.17) is 15.7 Å². The van der Waals surface area contributed by atoms with Gasteiger partial charge in [-0.2, -0.15) is 0 Å². The van der Waals surface area contributed by atoms with Gasteiger partial charge in [0.05, 0.1) is 0 Å². The highest BCUT2D eigenvalue weighted by Gasteiger charge is 2.18. The van der Waals surface area contributed by atoms with Gasteiger partial charge in [0.2, 0.25) is 5.71 Å². The number of hydrogen-bond donors (Lipinski definition) is 2. The number of carbonyl (C=O) groups is 1. The van der Waals surface area contributed by atoms with Crippen LogP contribution < -0.4 is 5.73 Å². The molecule has 1 aromatic rings. The Balaban J connectivity index is 2.13. The number of nitrogens with zero attached hydrogens (tertiary/aromatic N) is 2. The summed E-state index contributed by atoms with van der Waals surface area (Å²) in [5, 5.41) is 12.9. The van der Waals surface area contributed by atoms with Gasteiger partial charge < -0.3 is 15.7 Å². The molecule has 6 heteroatoms. The van der Waals surface area contributed by atoms with Crippen LogP contribution in [0.25, 0.3) is 0 Å². The molecule has 19 heavy (non-hydrogen) atoms. The number of anilines is 1. The number of hydrogen-bond acceptors (Lipinski definition) is 5. The van der Waals surface area contributed by atoms with Gasteiger partial charge >= 0.3 is 5.97 Å².